The number of barbiturate groups is 1. The van der Waals surface area contributed by atoms with Gasteiger partial charge in [0.25, 0.3) is 11.8 Å². The van der Waals surface area contributed by atoms with Gasteiger partial charge in [0.1, 0.15) is 17.1 Å². The monoisotopic (exact) mass is 408 g/mol. The fourth-order valence-corrected chi connectivity index (χ4v) is 2.96. The van der Waals surface area contributed by atoms with Crippen molar-refractivity contribution in [2.24, 2.45) is 0 Å². The van der Waals surface area contributed by atoms with E-state index in [4.69, 9.17) is 9.47 Å². The molecule has 1 aliphatic rings. The van der Waals surface area contributed by atoms with Crippen LogP contribution < -0.4 is 19.7 Å². The molecule has 156 valence electrons. The smallest absolute Gasteiger partial charge is 0.336 e. The third kappa shape index (κ3) is 4.35. The number of ether oxygens (including phenoxy) is 2. The molecule has 4 amide bonds. The van der Waals surface area contributed by atoms with Gasteiger partial charge in [-0.1, -0.05) is 37.3 Å². The maximum Gasteiger partial charge on any atom is 0.336 e. The van der Waals surface area contributed by atoms with Crippen LogP contribution in [-0.4, -0.2) is 30.6 Å². The SMILES string of the molecule is CCOc1ccccc1N1C(=O)NC(=O)/C(=C\c2ccccc2O[C@H](C)CC)C1=O. The topological polar surface area (TPSA) is 84.9 Å². The van der Waals surface area contributed by atoms with E-state index in [9.17, 15) is 14.4 Å². The molecule has 0 aliphatic carbocycles. The summed E-state index contributed by atoms with van der Waals surface area (Å²) in [6, 6.07) is 13.0. The molecule has 0 saturated carbocycles. The molecule has 0 spiro atoms. The van der Waals surface area contributed by atoms with Crippen molar-refractivity contribution in [3.8, 4) is 11.5 Å². The molecule has 2 aromatic rings. The van der Waals surface area contributed by atoms with Crippen molar-refractivity contribution in [3.63, 3.8) is 0 Å². The molecule has 1 atom stereocenters. The number of nitrogens with one attached hydrogen (secondary N) is 1. The second-order valence-electron chi connectivity index (χ2n) is 6.73. The standard InChI is InChI=1S/C23H24N2O5/c1-4-15(3)30-19-12-8-6-10-16(19)14-17-21(26)24-23(28)25(22(17)27)18-11-7-9-13-20(18)29-5-2/h6-15H,4-5H2,1-3H3,(H,24,26,28)/b17-14+/t15-/m1/s1. The Kier molecular flexibility index (Phi) is 6.51. The molecular weight excluding hydrogens is 384 g/mol. The van der Waals surface area contributed by atoms with Gasteiger partial charge in [0.05, 0.1) is 18.4 Å². The van der Waals surface area contributed by atoms with Crippen molar-refractivity contribution >= 4 is 29.6 Å². The third-order valence-electron chi connectivity index (χ3n) is 4.63. The fraction of sp³-hybridized carbons (Fsp3) is 0.261. The van der Waals surface area contributed by atoms with Gasteiger partial charge >= 0.3 is 6.03 Å². The van der Waals surface area contributed by atoms with Crippen LogP contribution in [0.25, 0.3) is 6.08 Å². The summed E-state index contributed by atoms with van der Waals surface area (Å²) in [5.41, 5.74) is 0.675. The van der Waals surface area contributed by atoms with E-state index in [1.54, 1.807) is 49.4 Å². The number of carbonyl (C=O) groups excluding carboxylic acids is 3. The Morgan fingerprint density at radius 3 is 2.37 bits per heavy atom. The van der Waals surface area contributed by atoms with E-state index in [1.807, 2.05) is 19.9 Å². The molecule has 7 nitrogen and oxygen atoms in total. The minimum absolute atomic E-state index is 0.0309. The molecule has 3 rings (SSSR count). The first-order valence-electron chi connectivity index (χ1n) is 9.85. The highest BCUT2D eigenvalue weighted by molar-refractivity contribution is 6.39. The van der Waals surface area contributed by atoms with E-state index in [-0.39, 0.29) is 17.4 Å². The second kappa shape index (κ2) is 9.26. The van der Waals surface area contributed by atoms with Crippen molar-refractivity contribution in [1.29, 1.82) is 0 Å². The number of para-hydroxylation sites is 3. The number of nitrogens with zero attached hydrogens (tertiary/aromatic N) is 1. The van der Waals surface area contributed by atoms with Crippen molar-refractivity contribution in [2.45, 2.75) is 33.3 Å². The fourth-order valence-electron chi connectivity index (χ4n) is 2.96. The Labute approximate surface area is 175 Å². The molecule has 1 N–H and O–H groups in total. The van der Waals surface area contributed by atoms with Gasteiger partial charge in [0.15, 0.2) is 0 Å². The zero-order chi connectivity index (χ0) is 21.7. The lowest BCUT2D eigenvalue weighted by atomic mass is 10.1. The van der Waals surface area contributed by atoms with Crippen LogP contribution in [0.1, 0.15) is 32.8 Å². The molecule has 0 radical (unpaired) electrons. The van der Waals surface area contributed by atoms with Crippen LogP contribution in [0.5, 0.6) is 11.5 Å². The molecule has 2 aromatic carbocycles. The maximum atomic E-state index is 13.2. The van der Waals surface area contributed by atoms with Gasteiger partial charge in [-0.3, -0.25) is 14.9 Å². The predicted octanol–water partition coefficient (Wildman–Crippen LogP) is 3.93. The van der Waals surface area contributed by atoms with Crippen molar-refractivity contribution in [3.05, 3.63) is 59.7 Å². The summed E-state index contributed by atoms with van der Waals surface area (Å²) >= 11 is 0. The van der Waals surface area contributed by atoms with Gasteiger partial charge in [-0.2, -0.15) is 0 Å². The van der Waals surface area contributed by atoms with E-state index in [0.717, 1.165) is 11.3 Å². The Bertz CT molecular complexity index is 999. The molecule has 1 aliphatic heterocycles. The number of urea groups is 1. The number of amides is 4. The first kappa shape index (κ1) is 21.1. The summed E-state index contributed by atoms with van der Waals surface area (Å²) in [6.07, 6.45) is 2.22. The first-order valence-corrected chi connectivity index (χ1v) is 9.85. The molecule has 0 unspecified atom stereocenters. The number of imide groups is 2. The third-order valence-corrected chi connectivity index (χ3v) is 4.63. The van der Waals surface area contributed by atoms with Crippen LogP contribution in [0.4, 0.5) is 10.5 Å². The highest BCUT2D eigenvalue weighted by Gasteiger charge is 2.38. The van der Waals surface area contributed by atoms with Crippen LogP contribution in [0.2, 0.25) is 0 Å². The largest absolute Gasteiger partial charge is 0.492 e. The van der Waals surface area contributed by atoms with Crippen molar-refractivity contribution in [2.75, 3.05) is 11.5 Å². The van der Waals surface area contributed by atoms with Gasteiger partial charge in [0, 0.05) is 5.56 Å². The molecule has 1 fully saturated rings. The van der Waals surface area contributed by atoms with Crippen molar-refractivity contribution < 1.29 is 23.9 Å². The van der Waals surface area contributed by atoms with Crippen LogP contribution in [-0.2, 0) is 9.59 Å². The van der Waals surface area contributed by atoms with Crippen LogP contribution in [0.3, 0.4) is 0 Å². The summed E-state index contributed by atoms with van der Waals surface area (Å²) in [5, 5.41) is 2.23. The Morgan fingerprint density at radius 2 is 1.67 bits per heavy atom. The zero-order valence-electron chi connectivity index (χ0n) is 17.2. The molecular formula is C23H24N2O5. The van der Waals surface area contributed by atoms with Crippen LogP contribution in [0.15, 0.2) is 54.1 Å². The lowest BCUT2D eigenvalue weighted by Gasteiger charge is -2.27. The summed E-state index contributed by atoms with van der Waals surface area (Å²) < 4.78 is 11.4. The summed E-state index contributed by atoms with van der Waals surface area (Å²) in [4.78, 5) is 39.1. The van der Waals surface area contributed by atoms with Crippen LogP contribution in [0, 0.1) is 0 Å². The van der Waals surface area contributed by atoms with Crippen molar-refractivity contribution in [1.82, 2.24) is 5.32 Å². The summed E-state index contributed by atoms with van der Waals surface area (Å²) in [6.45, 7) is 6.11. The predicted molar refractivity (Wildman–Crippen MR) is 113 cm³/mol. The zero-order valence-corrected chi connectivity index (χ0v) is 17.2. The van der Waals surface area contributed by atoms with Gasteiger partial charge in [-0.25, -0.2) is 9.69 Å². The average Bonchev–Trinajstić information content (AvgIpc) is 2.73. The normalized spacial score (nSPS) is 16.4. The van der Waals surface area contributed by atoms with E-state index in [0.29, 0.717) is 23.7 Å². The van der Waals surface area contributed by atoms with Gasteiger partial charge in [-0.15, -0.1) is 0 Å². The number of hydrogen-bond donors (Lipinski definition) is 1. The highest BCUT2D eigenvalue weighted by atomic mass is 16.5. The molecule has 1 heterocycles. The Hall–Kier alpha value is -3.61. The maximum absolute atomic E-state index is 13.2. The first-order chi connectivity index (χ1) is 14.5. The van der Waals surface area contributed by atoms with E-state index < -0.39 is 17.8 Å². The molecule has 0 aromatic heterocycles. The van der Waals surface area contributed by atoms with Gasteiger partial charge in [0.2, 0.25) is 0 Å². The molecule has 0 bridgehead atoms. The number of rotatable bonds is 7. The number of benzene rings is 2. The second-order valence-corrected chi connectivity index (χ2v) is 6.73. The van der Waals surface area contributed by atoms with E-state index in [1.165, 1.54) is 6.08 Å². The minimum atomic E-state index is -0.821. The number of hydrogen-bond acceptors (Lipinski definition) is 5. The number of carbonyl (C=O) groups is 3. The van der Waals surface area contributed by atoms with Gasteiger partial charge < -0.3 is 9.47 Å². The van der Waals surface area contributed by atoms with Gasteiger partial charge in [-0.05, 0) is 44.5 Å². The van der Waals surface area contributed by atoms with E-state index in [2.05, 4.69) is 5.32 Å². The molecule has 7 heteroatoms. The number of anilines is 1. The quantitative estimate of drug-likeness (QED) is 0.554. The Balaban J connectivity index is 2.02. The summed E-state index contributed by atoms with van der Waals surface area (Å²) in [5.74, 6) is -0.557. The molecule has 30 heavy (non-hydrogen) atoms. The van der Waals surface area contributed by atoms with Crippen LogP contribution >= 0.6 is 0 Å². The Morgan fingerprint density at radius 1 is 1.00 bits per heavy atom. The molecule has 1 saturated heterocycles. The highest BCUT2D eigenvalue weighted by Crippen LogP contribution is 2.32. The lowest BCUT2D eigenvalue weighted by Crippen LogP contribution is -2.54. The summed E-state index contributed by atoms with van der Waals surface area (Å²) in [7, 11) is 0. The van der Waals surface area contributed by atoms with E-state index >= 15 is 0 Å². The average molecular weight is 408 g/mol. The lowest BCUT2D eigenvalue weighted by molar-refractivity contribution is -0.122. The minimum Gasteiger partial charge on any atom is -0.492 e.